The molecule has 1 aliphatic rings. The molecular formula is C18H25N3O4S. The molecule has 0 radical (unpaired) electrons. The Bertz CT molecular complexity index is 789. The minimum Gasteiger partial charge on any atom is -0.341 e. The molecule has 1 heterocycles. The first-order valence-corrected chi connectivity index (χ1v) is 10.1. The van der Waals surface area contributed by atoms with E-state index in [-0.39, 0.29) is 30.8 Å². The average Bonchev–Trinajstić information content (AvgIpc) is 3.05. The van der Waals surface area contributed by atoms with Crippen molar-refractivity contribution in [2.45, 2.75) is 38.0 Å². The summed E-state index contributed by atoms with van der Waals surface area (Å²) >= 11 is 0. The summed E-state index contributed by atoms with van der Waals surface area (Å²) in [4.78, 5) is 25.5. The summed E-state index contributed by atoms with van der Waals surface area (Å²) in [6.07, 6.45) is 1.76. The van der Waals surface area contributed by atoms with Gasteiger partial charge in [-0.25, -0.2) is 13.1 Å². The van der Waals surface area contributed by atoms with Gasteiger partial charge in [0.15, 0.2) is 0 Å². The van der Waals surface area contributed by atoms with Crippen molar-refractivity contribution in [1.29, 1.82) is 0 Å². The molecule has 2 amide bonds. The zero-order valence-corrected chi connectivity index (χ0v) is 15.9. The standard InChI is InChI=1S/C18H25N3O4S/c1-4-17(22)19-15-7-5-6-14(10-15)11-18(23)21-9-8-16(12-21)26(24,25)20-13(2)3/h4-7,10,13,16,20H,1,8-9,11-12H2,2-3H3,(H,19,22). The molecule has 0 aromatic heterocycles. The van der Waals surface area contributed by atoms with Gasteiger partial charge >= 0.3 is 0 Å². The Morgan fingerprint density at radius 3 is 2.77 bits per heavy atom. The summed E-state index contributed by atoms with van der Waals surface area (Å²) in [5.41, 5.74) is 1.34. The number of carbonyl (C=O) groups excluding carboxylic acids is 2. The summed E-state index contributed by atoms with van der Waals surface area (Å²) in [5, 5.41) is 2.07. The molecule has 0 spiro atoms. The summed E-state index contributed by atoms with van der Waals surface area (Å²) in [6, 6.07) is 6.84. The van der Waals surface area contributed by atoms with E-state index in [1.54, 1.807) is 43.0 Å². The van der Waals surface area contributed by atoms with Crippen molar-refractivity contribution in [2.24, 2.45) is 0 Å². The van der Waals surface area contributed by atoms with E-state index in [1.807, 2.05) is 0 Å². The number of hydrogen-bond donors (Lipinski definition) is 2. The normalized spacial score (nSPS) is 17.3. The van der Waals surface area contributed by atoms with Gasteiger partial charge in [-0.1, -0.05) is 18.7 Å². The molecule has 0 saturated carbocycles. The molecule has 1 saturated heterocycles. The van der Waals surface area contributed by atoms with Crippen molar-refractivity contribution < 1.29 is 18.0 Å². The van der Waals surface area contributed by atoms with Crippen LogP contribution in [0.3, 0.4) is 0 Å². The second-order valence-corrected chi connectivity index (χ2v) is 8.63. The number of carbonyl (C=O) groups is 2. The van der Waals surface area contributed by atoms with E-state index in [2.05, 4.69) is 16.6 Å². The largest absolute Gasteiger partial charge is 0.341 e. The monoisotopic (exact) mass is 379 g/mol. The summed E-state index contributed by atoms with van der Waals surface area (Å²) in [5.74, 6) is -0.446. The zero-order chi connectivity index (χ0) is 19.3. The zero-order valence-electron chi connectivity index (χ0n) is 15.1. The fraction of sp³-hybridized carbons (Fsp3) is 0.444. The number of sulfonamides is 1. The Balaban J connectivity index is 1.98. The number of anilines is 1. The third-order valence-corrected chi connectivity index (χ3v) is 6.13. The number of rotatable bonds is 7. The van der Waals surface area contributed by atoms with E-state index in [1.165, 1.54) is 6.08 Å². The minimum absolute atomic E-state index is 0.126. The molecule has 1 aromatic rings. The second kappa shape index (κ2) is 8.46. The molecule has 0 bridgehead atoms. The highest BCUT2D eigenvalue weighted by molar-refractivity contribution is 7.90. The highest BCUT2D eigenvalue weighted by atomic mass is 32.2. The van der Waals surface area contributed by atoms with Crippen molar-refractivity contribution in [2.75, 3.05) is 18.4 Å². The topological polar surface area (TPSA) is 95.6 Å². The van der Waals surface area contributed by atoms with Crippen LogP contribution in [0, 0.1) is 0 Å². The van der Waals surface area contributed by atoms with Crippen molar-refractivity contribution in [1.82, 2.24) is 9.62 Å². The van der Waals surface area contributed by atoms with Crippen LogP contribution in [0.2, 0.25) is 0 Å². The lowest BCUT2D eigenvalue weighted by Gasteiger charge is -2.18. The van der Waals surface area contributed by atoms with E-state index in [4.69, 9.17) is 0 Å². The molecule has 1 fully saturated rings. The Kier molecular flexibility index (Phi) is 6.55. The summed E-state index contributed by atoms with van der Waals surface area (Å²) in [7, 11) is -3.42. The maximum atomic E-state index is 12.5. The van der Waals surface area contributed by atoms with E-state index in [0.717, 1.165) is 5.56 Å². The van der Waals surface area contributed by atoms with E-state index in [0.29, 0.717) is 18.7 Å². The van der Waals surface area contributed by atoms with Gasteiger partial charge in [-0.2, -0.15) is 0 Å². The van der Waals surface area contributed by atoms with Crippen molar-refractivity contribution in [3.63, 3.8) is 0 Å². The fourth-order valence-corrected chi connectivity index (χ4v) is 4.51. The number of amides is 2. The van der Waals surface area contributed by atoms with Gasteiger partial charge in [-0.05, 0) is 44.0 Å². The molecule has 7 nitrogen and oxygen atoms in total. The predicted molar refractivity (Wildman–Crippen MR) is 101 cm³/mol. The van der Waals surface area contributed by atoms with Crippen LogP contribution in [0.4, 0.5) is 5.69 Å². The van der Waals surface area contributed by atoms with Crippen molar-refractivity contribution in [3.05, 3.63) is 42.5 Å². The maximum Gasteiger partial charge on any atom is 0.247 e. The highest BCUT2D eigenvalue weighted by Crippen LogP contribution is 2.19. The number of benzene rings is 1. The van der Waals surface area contributed by atoms with Crippen molar-refractivity contribution in [3.8, 4) is 0 Å². The van der Waals surface area contributed by atoms with Crippen LogP contribution in [-0.2, 0) is 26.0 Å². The first-order chi connectivity index (χ1) is 12.2. The number of hydrogen-bond acceptors (Lipinski definition) is 4. The maximum absolute atomic E-state index is 12.5. The predicted octanol–water partition coefficient (Wildman–Crippen LogP) is 1.28. The molecule has 1 atom stereocenters. The molecule has 142 valence electrons. The van der Waals surface area contributed by atoms with Crippen LogP contribution < -0.4 is 10.0 Å². The molecule has 8 heteroatoms. The van der Waals surface area contributed by atoms with E-state index < -0.39 is 15.3 Å². The third-order valence-electron chi connectivity index (χ3n) is 4.07. The highest BCUT2D eigenvalue weighted by Gasteiger charge is 2.35. The van der Waals surface area contributed by atoms with Gasteiger partial charge in [0.25, 0.3) is 0 Å². The van der Waals surface area contributed by atoms with E-state index >= 15 is 0 Å². The lowest BCUT2D eigenvalue weighted by Crippen LogP contribution is -2.40. The quantitative estimate of drug-likeness (QED) is 0.698. The Labute approximate surface area is 154 Å². The Hall–Kier alpha value is -2.19. The SMILES string of the molecule is C=CC(=O)Nc1cccc(CC(=O)N2CCC(S(=O)(=O)NC(C)C)C2)c1. The fourth-order valence-electron chi connectivity index (χ4n) is 2.87. The van der Waals surface area contributed by atoms with E-state index in [9.17, 15) is 18.0 Å². The van der Waals surface area contributed by atoms with Crippen molar-refractivity contribution >= 4 is 27.5 Å². The smallest absolute Gasteiger partial charge is 0.247 e. The van der Waals surface area contributed by atoms with Crippen LogP contribution in [-0.4, -0.2) is 49.5 Å². The molecular weight excluding hydrogens is 354 g/mol. The molecule has 0 aliphatic carbocycles. The lowest BCUT2D eigenvalue weighted by molar-refractivity contribution is -0.129. The first-order valence-electron chi connectivity index (χ1n) is 8.52. The average molecular weight is 379 g/mol. The van der Waals surface area contributed by atoms with Crippen LogP contribution in [0.5, 0.6) is 0 Å². The van der Waals surface area contributed by atoms with Gasteiger partial charge in [-0.3, -0.25) is 9.59 Å². The third kappa shape index (κ3) is 5.40. The summed E-state index contributed by atoms with van der Waals surface area (Å²) < 4.78 is 27.1. The van der Waals surface area contributed by atoms with Gasteiger partial charge in [0.1, 0.15) is 0 Å². The molecule has 1 unspecified atom stereocenters. The first kappa shape index (κ1) is 20.1. The number of nitrogens with one attached hydrogen (secondary N) is 2. The lowest BCUT2D eigenvalue weighted by atomic mass is 10.1. The van der Waals surface area contributed by atoms with Gasteiger partial charge in [-0.15, -0.1) is 0 Å². The van der Waals surface area contributed by atoms with Gasteiger partial charge in [0, 0.05) is 24.8 Å². The van der Waals surface area contributed by atoms with Crippen LogP contribution >= 0.6 is 0 Å². The molecule has 26 heavy (non-hydrogen) atoms. The van der Waals surface area contributed by atoms with Crippen LogP contribution in [0.1, 0.15) is 25.8 Å². The second-order valence-electron chi connectivity index (χ2n) is 6.64. The molecule has 1 aliphatic heterocycles. The minimum atomic E-state index is -3.42. The van der Waals surface area contributed by atoms with Gasteiger partial charge in [0.2, 0.25) is 21.8 Å². The number of nitrogens with zero attached hydrogens (tertiary/aromatic N) is 1. The molecule has 2 rings (SSSR count). The summed E-state index contributed by atoms with van der Waals surface area (Å²) in [6.45, 7) is 7.57. The Morgan fingerprint density at radius 1 is 1.38 bits per heavy atom. The number of likely N-dealkylation sites (tertiary alicyclic amines) is 1. The molecule has 2 N–H and O–H groups in total. The molecule has 1 aromatic carbocycles. The Morgan fingerprint density at radius 2 is 2.12 bits per heavy atom. The van der Waals surface area contributed by atoms with Crippen LogP contribution in [0.25, 0.3) is 0 Å². The van der Waals surface area contributed by atoms with Gasteiger partial charge in [0.05, 0.1) is 11.7 Å². The van der Waals surface area contributed by atoms with Gasteiger partial charge < -0.3 is 10.2 Å². The van der Waals surface area contributed by atoms with Crippen LogP contribution in [0.15, 0.2) is 36.9 Å².